The van der Waals surface area contributed by atoms with Crippen molar-refractivity contribution >= 4 is 57.4 Å². The number of fused-ring (bicyclic) bond motifs is 1. The maximum Gasteiger partial charge on any atom is 0.273 e. The van der Waals surface area contributed by atoms with E-state index >= 15 is 0 Å². The average molecular weight is 613 g/mol. The molecule has 2 aromatic carbocycles. The largest absolute Gasteiger partial charge is 0.382 e. The highest BCUT2D eigenvalue weighted by molar-refractivity contribution is 6.32. The van der Waals surface area contributed by atoms with Crippen LogP contribution in [0, 0.1) is 0 Å². The number of anilines is 2. The Morgan fingerprint density at radius 1 is 1.02 bits per heavy atom. The molecular weight excluding hydrogens is 577 g/mol. The number of aromatic amines is 1. The highest BCUT2D eigenvalue weighted by atomic mass is 35.5. The van der Waals surface area contributed by atoms with Gasteiger partial charge in [-0.3, -0.25) is 9.59 Å². The van der Waals surface area contributed by atoms with Gasteiger partial charge in [-0.15, -0.1) is 0 Å². The third-order valence-electron chi connectivity index (χ3n) is 6.61. The number of H-pyrrole nitrogens is 1. The van der Waals surface area contributed by atoms with Crippen LogP contribution in [-0.2, 0) is 11.3 Å². The highest BCUT2D eigenvalue weighted by Crippen LogP contribution is 2.21. The third-order valence-corrected chi connectivity index (χ3v) is 7.13. The number of nitrogens with two attached hydrogens (primary N) is 1. The molecule has 1 amide bonds. The van der Waals surface area contributed by atoms with Crippen LogP contribution in [0.15, 0.2) is 54.6 Å². The fraction of sp³-hybridized carbons (Fsp3) is 0.333. The van der Waals surface area contributed by atoms with E-state index in [2.05, 4.69) is 30.5 Å². The number of rotatable bonds is 16. The van der Waals surface area contributed by atoms with Crippen LogP contribution < -0.4 is 16.4 Å². The van der Waals surface area contributed by atoms with Crippen LogP contribution in [0.25, 0.3) is 10.9 Å². The SMILES string of the molecule is CN(CCCCNC(=O)c1nc(Cl)c(NCc2ccc(Cl)cc2)nc1N)CCCOCC(=O)c1cc2ccccc2[nH]1. The molecule has 0 unspecified atom stereocenters. The van der Waals surface area contributed by atoms with Crippen LogP contribution in [0.3, 0.4) is 0 Å². The molecule has 5 N–H and O–H groups in total. The predicted molar refractivity (Wildman–Crippen MR) is 167 cm³/mol. The number of carbonyl (C=O) groups excluding carboxylic acids is 2. The average Bonchev–Trinajstić information content (AvgIpc) is 3.42. The fourth-order valence-corrected chi connectivity index (χ4v) is 4.62. The van der Waals surface area contributed by atoms with E-state index in [1.54, 1.807) is 12.1 Å². The molecule has 10 nitrogen and oxygen atoms in total. The molecule has 2 heterocycles. The number of ketones is 1. The van der Waals surface area contributed by atoms with Gasteiger partial charge in [-0.25, -0.2) is 9.97 Å². The van der Waals surface area contributed by atoms with Gasteiger partial charge in [0.2, 0.25) is 5.78 Å². The summed E-state index contributed by atoms with van der Waals surface area (Å²) in [5, 5.41) is 7.63. The van der Waals surface area contributed by atoms with Crippen LogP contribution in [-0.4, -0.2) is 71.4 Å². The van der Waals surface area contributed by atoms with Gasteiger partial charge in [0.1, 0.15) is 6.61 Å². The van der Waals surface area contributed by atoms with E-state index in [0.29, 0.717) is 36.2 Å². The Kier molecular flexibility index (Phi) is 11.5. The molecule has 0 bridgehead atoms. The van der Waals surface area contributed by atoms with Crippen LogP contribution in [0.1, 0.15) is 45.8 Å². The minimum absolute atomic E-state index is 0.000448. The lowest BCUT2D eigenvalue weighted by molar-refractivity contribution is 0.0739. The summed E-state index contributed by atoms with van der Waals surface area (Å²) >= 11 is 12.2. The number of amides is 1. The quantitative estimate of drug-likeness (QED) is 0.100. The number of halogens is 2. The Hall–Kier alpha value is -3.70. The van der Waals surface area contributed by atoms with Crippen molar-refractivity contribution in [2.24, 2.45) is 0 Å². The van der Waals surface area contributed by atoms with Crippen molar-refractivity contribution in [2.75, 3.05) is 50.9 Å². The molecule has 0 spiro atoms. The Bertz CT molecular complexity index is 1460. The van der Waals surface area contributed by atoms with Crippen molar-refractivity contribution in [3.05, 3.63) is 81.7 Å². The summed E-state index contributed by atoms with van der Waals surface area (Å²) in [6.07, 6.45) is 2.50. The molecule has 0 aliphatic heterocycles. The fourth-order valence-electron chi connectivity index (χ4n) is 4.30. The van der Waals surface area contributed by atoms with E-state index in [1.807, 2.05) is 49.5 Å². The summed E-state index contributed by atoms with van der Waals surface area (Å²) < 4.78 is 5.59. The van der Waals surface area contributed by atoms with Crippen molar-refractivity contribution in [3.63, 3.8) is 0 Å². The zero-order valence-electron chi connectivity index (χ0n) is 23.5. The zero-order valence-corrected chi connectivity index (χ0v) is 25.0. The Labute approximate surface area is 254 Å². The number of ether oxygens (including phenoxy) is 1. The monoisotopic (exact) mass is 611 g/mol. The van der Waals surface area contributed by atoms with Crippen molar-refractivity contribution in [2.45, 2.75) is 25.8 Å². The molecule has 0 saturated carbocycles. The molecule has 4 aromatic rings. The third kappa shape index (κ3) is 9.15. The standard InChI is InChI=1S/C30H35Cl2N7O3/c1-39(15-6-16-42-19-25(40)24-17-21-7-2-3-8-23(21)36-24)14-5-4-13-34-30(41)26-28(33)38-29(27(32)37-26)35-18-20-9-11-22(31)12-10-20/h2-3,7-12,17,36H,4-6,13-16,18-19H2,1H3,(H,34,41)(H3,33,35,38). The second-order valence-electron chi connectivity index (χ2n) is 9.94. The number of benzene rings is 2. The first kappa shape index (κ1) is 31.2. The lowest BCUT2D eigenvalue weighted by Crippen LogP contribution is -2.28. The van der Waals surface area contributed by atoms with Gasteiger partial charge < -0.3 is 31.0 Å². The number of hydrogen-bond donors (Lipinski definition) is 4. The van der Waals surface area contributed by atoms with Crippen molar-refractivity contribution < 1.29 is 14.3 Å². The molecule has 0 aliphatic rings. The van der Waals surface area contributed by atoms with Crippen molar-refractivity contribution in [3.8, 4) is 0 Å². The maximum absolute atomic E-state index is 12.6. The number of nitrogens with zero attached hydrogens (tertiary/aromatic N) is 3. The minimum Gasteiger partial charge on any atom is -0.382 e. The molecular formula is C30H35Cl2N7O3. The summed E-state index contributed by atoms with van der Waals surface area (Å²) in [5.74, 6) is -0.174. The topological polar surface area (TPSA) is 138 Å². The van der Waals surface area contributed by atoms with Gasteiger partial charge in [-0.2, -0.15) is 0 Å². The van der Waals surface area contributed by atoms with Crippen LogP contribution in [0.5, 0.6) is 0 Å². The molecule has 4 rings (SSSR count). The molecule has 0 aliphatic carbocycles. The van der Waals surface area contributed by atoms with Gasteiger partial charge in [0, 0.05) is 42.2 Å². The van der Waals surface area contributed by atoms with Gasteiger partial charge in [0.25, 0.3) is 5.91 Å². The molecule has 2 aromatic heterocycles. The molecule has 42 heavy (non-hydrogen) atoms. The first-order valence-corrected chi connectivity index (χ1v) is 14.5. The van der Waals surface area contributed by atoms with Crippen molar-refractivity contribution in [1.82, 2.24) is 25.2 Å². The van der Waals surface area contributed by atoms with Gasteiger partial charge in [0.15, 0.2) is 22.5 Å². The molecule has 0 radical (unpaired) electrons. The smallest absolute Gasteiger partial charge is 0.273 e. The van der Waals surface area contributed by atoms with Crippen LogP contribution in [0.2, 0.25) is 10.2 Å². The van der Waals surface area contributed by atoms with Gasteiger partial charge in [0.05, 0.1) is 5.69 Å². The summed E-state index contributed by atoms with van der Waals surface area (Å²) in [4.78, 5) is 38.7. The summed E-state index contributed by atoms with van der Waals surface area (Å²) in [5.41, 5.74) is 8.48. The summed E-state index contributed by atoms with van der Waals surface area (Å²) in [6.45, 7) is 3.19. The molecule has 12 heteroatoms. The van der Waals surface area contributed by atoms with Crippen molar-refractivity contribution in [1.29, 1.82) is 0 Å². The second kappa shape index (κ2) is 15.5. The first-order chi connectivity index (χ1) is 20.3. The first-order valence-electron chi connectivity index (χ1n) is 13.8. The van der Waals surface area contributed by atoms with E-state index in [0.717, 1.165) is 48.8 Å². The lowest BCUT2D eigenvalue weighted by Gasteiger charge is -2.16. The Balaban J connectivity index is 1.07. The predicted octanol–water partition coefficient (Wildman–Crippen LogP) is 5.19. The summed E-state index contributed by atoms with van der Waals surface area (Å²) in [6, 6.07) is 17.0. The number of carbonyl (C=O) groups is 2. The zero-order chi connectivity index (χ0) is 29.9. The molecule has 222 valence electrons. The molecule has 0 atom stereocenters. The number of para-hydroxylation sites is 1. The van der Waals surface area contributed by atoms with E-state index in [4.69, 9.17) is 33.7 Å². The number of nitrogen functional groups attached to an aromatic ring is 1. The van der Waals surface area contributed by atoms with Gasteiger partial charge in [-0.1, -0.05) is 53.5 Å². The Morgan fingerprint density at radius 3 is 2.57 bits per heavy atom. The van der Waals surface area contributed by atoms with Gasteiger partial charge >= 0.3 is 0 Å². The second-order valence-corrected chi connectivity index (χ2v) is 10.7. The van der Waals surface area contributed by atoms with Crippen LogP contribution >= 0.6 is 23.2 Å². The minimum atomic E-state index is -0.418. The molecule has 0 fully saturated rings. The number of hydrogen-bond acceptors (Lipinski definition) is 8. The van der Waals surface area contributed by atoms with Gasteiger partial charge in [-0.05, 0) is 62.7 Å². The number of unbranched alkanes of at least 4 members (excludes halogenated alkanes) is 1. The van der Waals surface area contributed by atoms with E-state index in [9.17, 15) is 9.59 Å². The Morgan fingerprint density at radius 2 is 1.79 bits per heavy atom. The number of aromatic nitrogens is 3. The van der Waals surface area contributed by atoms with E-state index in [-0.39, 0.29) is 29.1 Å². The highest BCUT2D eigenvalue weighted by Gasteiger charge is 2.17. The lowest BCUT2D eigenvalue weighted by atomic mass is 10.2. The summed E-state index contributed by atoms with van der Waals surface area (Å²) in [7, 11) is 2.04. The van der Waals surface area contributed by atoms with Crippen LogP contribution in [0.4, 0.5) is 11.6 Å². The normalized spacial score (nSPS) is 11.2. The number of Topliss-reactive ketones (excluding diaryl/α,β-unsaturated/α-hetero) is 1. The molecule has 0 saturated heterocycles. The number of nitrogens with one attached hydrogen (secondary N) is 3. The maximum atomic E-state index is 12.6. The van der Waals surface area contributed by atoms with E-state index in [1.165, 1.54) is 0 Å². The van der Waals surface area contributed by atoms with E-state index < -0.39 is 5.91 Å².